The molecule has 1 unspecified atom stereocenters. The van der Waals surface area contributed by atoms with Gasteiger partial charge in [0.2, 0.25) is 17.7 Å². The molecule has 1 aromatic heterocycles. The number of rotatable bonds is 14. The first-order valence-corrected chi connectivity index (χ1v) is 20.5. The van der Waals surface area contributed by atoms with E-state index in [1.165, 1.54) is 6.92 Å². The Hall–Kier alpha value is -3.74. The van der Waals surface area contributed by atoms with E-state index in [0.717, 1.165) is 70.6 Å². The quantitative estimate of drug-likeness (QED) is 0.154. The van der Waals surface area contributed by atoms with Crippen LogP contribution in [-0.2, 0) is 19.2 Å². The van der Waals surface area contributed by atoms with Crippen molar-refractivity contribution < 1.29 is 33.9 Å². The van der Waals surface area contributed by atoms with Gasteiger partial charge in [-0.05, 0) is 95.0 Å². The van der Waals surface area contributed by atoms with Crippen molar-refractivity contribution in [1.29, 1.82) is 0 Å². The number of aliphatic hydroxyl groups excluding tert-OH is 1. The third-order valence-electron chi connectivity index (χ3n) is 12.3. The highest BCUT2D eigenvalue weighted by Gasteiger charge is 2.51. The van der Waals surface area contributed by atoms with E-state index in [2.05, 4.69) is 26.3 Å². The predicted octanol–water partition coefficient (Wildman–Crippen LogP) is 4.13. The zero-order chi connectivity index (χ0) is 39.5. The van der Waals surface area contributed by atoms with Crippen LogP contribution in [0.15, 0.2) is 0 Å². The molecular formula is C41H64N6O7. The molecule has 3 saturated carbocycles. The van der Waals surface area contributed by atoms with Crippen molar-refractivity contribution in [3.63, 3.8) is 0 Å². The van der Waals surface area contributed by atoms with Crippen molar-refractivity contribution in [2.75, 3.05) is 0 Å². The number of H-pyrrole nitrogens is 1. The van der Waals surface area contributed by atoms with Gasteiger partial charge < -0.3 is 36.3 Å². The Bertz CT molecular complexity index is 1570. The van der Waals surface area contributed by atoms with Crippen molar-refractivity contribution in [3.05, 3.63) is 22.5 Å². The number of nitrogens with one attached hydrogen (secondary N) is 5. The van der Waals surface area contributed by atoms with E-state index in [-0.39, 0.29) is 41.3 Å². The van der Waals surface area contributed by atoms with E-state index in [4.69, 9.17) is 0 Å². The smallest absolute Gasteiger partial charge is 0.269 e. The molecule has 0 aromatic carbocycles. The molecule has 0 spiro atoms. The third kappa shape index (κ3) is 9.37. The molecule has 300 valence electrons. The number of aromatic amines is 1. The summed E-state index contributed by atoms with van der Waals surface area (Å²) in [5.74, 6) is -2.58. The Labute approximate surface area is 320 Å². The first-order chi connectivity index (χ1) is 25.5. The number of fused-ring (bicyclic) bond motifs is 1. The van der Waals surface area contributed by atoms with Gasteiger partial charge in [0.1, 0.15) is 23.8 Å². The number of likely N-dealkylation sites (tertiary alicyclic amines) is 1. The lowest BCUT2D eigenvalue weighted by Gasteiger charge is -2.40. The van der Waals surface area contributed by atoms with Crippen LogP contribution in [0.4, 0.5) is 0 Å². The van der Waals surface area contributed by atoms with Crippen LogP contribution < -0.4 is 21.3 Å². The normalized spacial score (nSPS) is 24.1. The molecule has 0 bridgehead atoms. The number of aromatic nitrogens is 1. The fraction of sp³-hybridized carbons (Fsp3) is 0.756. The van der Waals surface area contributed by atoms with Gasteiger partial charge in [-0.25, -0.2) is 0 Å². The molecule has 3 aliphatic carbocycles. The lowest BCUT2D eigenvalue weighted by Crippen LogP contribution is -2.63. The van der Waals surface area contributed by atoms with Gasteiger partial charge in [-0.2, -0.15) is 0 Å². The molecule has 1 saturated heterocycles. The monoisotopic (exact) mass is 752 g/mol. The van der Waals surface area contributed by atoms with Gasteiger partial charge in [-0.3, -0.25) is 28.8 Å². The number of aryl methyl sites for hydroxylation is 1. The molecule has 13 nitrogen and oxygen atoms in total. The number of Topliss-reactive ketones (excluding diaryl/α,β-unsaturated/α-hetero) is 1. The predicted molar refractivity (Wildman–Crippen MR) is 204 cm³/mol. The van der Waals surface area contributed by atoms with Crippen molar-refractivity contribution in [1.82, 2.24) is 31.2 Å². The molecule has 1 aromatic rings. The molecule has 0 radical (unpaired) electrons. The number of carbonyl (C=O) groups excluding carboxylic acids is 6. The molecule has 6 N–H and O–H groups in total. The van der Waals surface area contributed by atoms with E-state index in [1.807, 2.05) is 27.7 Å². The Kier molecular flexibility index (Phi) is 13.3. The highest BCUT2D eigenvalue weighted by molar-refractivity contribution is 6.08. The Morgan fingerprint density at radius 3 is 2.13 bits per heavy atom. The molecule has 4 aliphatic rings. The van der Waals surface area contributed by atoms with Crippen LogP contribution in [-0.4, -0.2) is 92.7 Å². The van der Waals surface area contributed by atoms with Crippen LogP contribution in [0, 0.1) is 31.1 Å². The highest BCUT2D eigenvalue weighted by Crippen LogP contribution is 2.41. The van der Waals surface area contributed by atoms with Crippen LogP contribution >= 0.6 is 0 Å². The van der Waals surface area contributed by atoms with Crippen LogP contribution in [0.3, 0.4) is 0 Å². The van der Waals surface area contributed by atoms with E-state index in [0.29, 0.717) is 36.1 Å². The summed E-state index contributed by atoms with van der Waals surface area (Å²) in [7, 11) is 0. The third-order valence-corrected chi connectivity index (χ3v) is 12.3. The van der Waals surface area contributed by atoms with Crippen LogP contribution in [0.5, 0.6) is 0 Å². The van der Waals surface area contributed by atoms with Gasteiger partial charge in [0.25, 0.3) is 11.8 Å². The number of amides is 5. The van der Waals surface area contributed by atoms with E-state index < -0.39 is 59.3 Å². The molecule has 2 heterocycles. The van der Waals surface area contributed by atoms with Crippen LogP contribution in [0.2, 0.25) is 0 Å². The molecule has 1 aliphatic heterocycles. The minimum atomic E-state index is -1.42. The number of ketones is 1. The van der Waals surface area contributed by atoms with E-state index in [9.17, 15) is 33.9 Å². The van der Waals surface area contributed by atoms with Crippen molar-refractivity contribution in [2.24, 2.45) is 17.3 Å². The second kappa shape index (κ2) is 17.4. The second-order valence-corrected chi connectivity index (χ2v) is 17.6. The number of hydrogen-bond donors (Lipinski definition) is 6. The summed E-state index contributed by atoms with van der Waals surface area (Å²) in [5.41, 5.74) is 1.05. The van der Waals surface area contributed by atoms with E-state index in [1.54, 1.807) is 18.7 Å². The molecule has 4 fully saturated rings. The summed E-state index contributed by atoms with van der Waals surface area (Å²) in [6, 6.07) is -3.73. The summed E-state index contributed by atoms with van der Waals surface area (Å²) >= 11 is 0. The SMILES string of the molecule is CCC[C@H](NC(=O)[C@@H]1C[C@@H]2CCCC[C@@H]2N1C(=O)[C@@H](NC(=O)[C@@H](NC(=O)c1[nH]c(C)c(C)c1C(C)=O)C1CCCCC1)C(C)(C)C)C(O)C(=O)NC1CC1. The molecule has 13 heteroatoms. The number of hydrogen-bond acceptors (Lipinski definition) is 7. The van der Waals surface area contributed by atoms with Gasteiger partial charge in [-0.15, -0.1) is 0 Å². The Morgan fingerprint density at radius 2 is 1.52 bits per heavy atom. The van der Waals surface area contributed by atoms with Gasteiger partial charge in [0.05, 0.1) is 11.6 Å². The number of nitrogens with zero attached hydrogens (tertiary/aromatic N) is 1. The van der Waals surface area contributed by atoms with Crippen molar-refractivity contribution >= 4 is 35.3 Å². The summed E-state index contributed by atoms with van der Waals surface area (Å²) in [5, 5.41) is 22.8. The Morgan fingerprint density at radius 1 is 0.870 bits per heavy atom. The zero-order valence-electron chi connectivity index (χ0n) is 33.4. The first-order valence-electron chi connectivity index (χ1n) is 20.5. The van der Waals surface area contributed by atoms with Crippen molar-refractivity contribution in [2.45, 2.75) is 181 Å². The molecule has 5 amide bonds. The van der Waals surface area contributed by atoms with Crippen molar-refractivity contribution in [3.8, 4) is 0 Å². The summed E-state index contributed by atoms with van der Waals surface area (Å²) in [4.78, 5) is 87.6. The topological polar surface area (TPSA) is 190 Å². The van der Waals surface area contributed by atoms with Crippen LogP contribution in [0.1, 0.15) is 157 Å². The molecule has 54 heavy (non-hydrogen) atoms. The maximum atomic E-state index is 15.0. The van der Waals surface area contributed by atoms with Crippen LogP contribution in [0.25, 0.3) is 0 Å². The van der Waals surface area contributed by atoms with Gasteiger partial charge in [0, 0.05) is 17.8 Å². The summed E-state index contributed by atoms with van der Waals surface area (Å²) in [6.45, 7) is 12.6. The highest BCUT2D eigenvalue weighted by atomic mass is 16.3. The standard InChI is InChI=1S/C41H64N6O7/c1-8-14-28(34(49)39(53)43-27-19-20-27)44-36(50)30-21-26-17-12-13-18-29(26)47(30)40(54)35(41(5,6)7)46-37(51)32(25-15-10-9-11-16-25)45-38(52)33-31(24(4)48)22(2)23(3)42-33/h25-30,32,34-35,42,49H,8-21H2,1-7H3,(H,43,53)(H,44,50)(H,45,52)(H,46,51)/t26-,28-,29-,30-,32-,34?,35+/m0/s1. The van der Waals surface area contributed by atoms with E-state index >= 15 is 0 Å². The molecule has 7 atom stereocenters. The maximum Gasteiger partial charge on any atom is 0.269 e. The lowest BCUT2D eigenvalue weighted by molar-refractivity contribution is -0.147. The summed E-state index contributed by atoms with van der Waals surface area (Å²) < 4.78 is 0. The second-order valence-electron chi connectivity index (χ2n) is 17.6. The fourth-order valence-electron chi connectivity index (χ4n) is 9.04. The van der Waals surface area contributed by atoms with Gasteiger partial charge >= 0.3 is 0 Å². The van der Waals surface area contributed by atoms with Gasteiger partial charge in [0.15, 0.2) is 11.9 Å². The Balaban J connectivity index is 1.40. The zero-order valence-corrected chi connectivity index (χ0v) is 33.4. The minimum Gasteiger partial charge on any atom is -0.381 e. The average molecular weight is 753 g/mol. The molecule has 5 rings (SSSR count). The number of carbonyl (C=O) groups is 6. The minimum absolute atomic E-state index is 0.0617. The maximum absolute atomic E-state index is 15.0. The molecular weight excluding hydrogens is 688 g/mol. The summed E-state index contributed by atoms with van der Waals surface area (Å²) in [6.07, 6.45) is 9.68. The first kappa shape index (κ1) is 41.4. The van der Waals surface area contributed by atoms with Gasteiger partial charge in [-0.1, -0.05) is 66.2 Å². The average Bonchev–Trinajstić information content (AvgIpc) is 3.77. The fourth-order valence-corrected chi connectivity index (χ4v) is 9.04. The lowest BCUT2D eigenvalue weighted by atomic mass is 9.81. The number of aliphatic hydroxyl groups is 1. The largest absolute Gasteiger partial charge is 0.381 e.